The molecule has 0 unspecified atom stereocenters. The molecule has 0 bridgehead atoms. The topological polar surface area (TPSA) is 74.5 Å². The van der Waals surface area contributed by atoms with Crippen molar-refractivity contribution in [2.24, 2.45) is 11.8 Å². The number of pyridine rings is 1. The second kappa shape index (κ2) is 7.49. The van der Waals surface area contributed by atoms with Crippen LogP contribution in [-0.2, 0) is 6.54 Å². The van der Waals surface area contributed by atoms with Crippen LogP contribution in [0.15, 0.2) is 18.2 Å². The van der Waals surface area contributed by atoms with Gasteiger partial charge in [0, 0.05) is 13.1 Å². The Morgan fingerprint density at radius 2 is 2.19 bits per heavy atom. The number of hydrazine groups is 1. The lowest BCUT2D eigenvalue weighted by molar-refractivity contribution is 0.0948. The van der Waals surface area contributed by atoms with Crippen molar-refractivity contribution < 1.29 is 4.79 Å². The summed E-state index contributed by atoms with van der Waals surface area (Å²) in [6, 6.07) is 5.46. The van der Waals surface area contributed by atoms with Gasteiger partial charge in [0.1, 0.15) is 5.69 Å². The summed E-state index contributed by atoms with van der Waals surface area (Å²) < 4.78 is 0. The van der Waals surface area contributed by atoms with E-state index >= 15 is 0 Å². The Hall–Kier alpha value is -1.50. The van der Waals surface area contributed by atoms with Crippen LogP contribution in [-0.4, -0.2) is 54.4 Å². The van der Waals surface area contributed by atoms with E-state index in [-0.39, 0.29) is 5.91 Å². The number of carbonyl (C=O) groups excluding carboxylic acids is 1. The minimum atomic E-state index is -0.352. The van der Waals surface area contributed by atoms with Crippen molar-refractivity contribution in [1.82, 2.24) is 20.2 Å². The summed E-state index contributed by atoms with van der Waals surface area (Å²) >= 11 is 0. The van der Waals surface area contributed by atoms with Crippen molar-refractivity contribution >= 4 is 5.91 Å². The Kier molecular flexibility index (Phi) is 5.67. The Balaban J connectivity index is 1.87. The number of nitrogens with two attached hydrogens (primary N) is 1. The van der Waals surface area contributed by atoms with E-state index in [0.717, 1.165) is 24.7 Å². The van der Waals surface area contributed by atoms with E-state index in [1.807, 2.05) is 12.1 Å². The number of amides is 1. The minimum Gasteiger partial charge on any atom is -0.306 e. The average molecular weight is 291 g/mol. The highest BCUT2D eigenvalue weighted by Crippen LogP contribution is 2.17. The number of aromatic nitrogens is 1. The summed E-state index contributed by atoms with van der Waals surface area (Å²) in [5, 5.41) is 0. The van der Waals surface area contributed by atoms with Gasteiger partial charge in [-0.2, -0.15) is 0 Å². The van der Waals surface area contributed by atoms with Crippen molar-refractivity contribution in [3.63, 3.8) is 0 Å². The van der Waals surface area contributed by atoms with Crippen molar-refractivity contribution in [3.8, 4) is 0 Å². The van der Waals surface area contributed by atoms with Gasteiger partial charge in [-0.15, -0.1) is 0 Å². The third-order valence-corrected chi connectivity index (χ3v) is 4.01. The van der Waals surface area contributed by atoms with E-state index in [9.17, 15) is 4.79 Å². The van der Waals surface area contributed by atoms with Gasteiger partial charge >= 0.3 is 0 Å². The fourth-order valence-electron chi connectivity index (χ4n) is 2.79. The zero-order valence-corrected chi connectivity index (χ0v) is 12.9. The van der Waals surface area contributed by atoms with Gasteiger partial charge in [-0.1, -0.05) is 6.07 Å². The summed E-state index contributed by atoms with van der Waals surface area (Å²) in [6.07, 6.45) is 2.51. The van der Waals surface area contributed by atoms with Gasteiger partial charge in [-0.3, -0.25) is 10.2 Å². The van der Waals surface area contributed by atoms with Gasteiger partial charge in [0.15, 0.2) is 0 Å². The molecule has 1 aliphatic rings. The zero-order valence-electron chi connectivity index (χ0n) is 12.9. The lowest BCUT2D eigenvalue weighted by Crippen LogP contribution is -2.35. The zero-order chi connectivity index (χ0) is 15.2. The molecule has 0 aliphatic carbocycles. The third-order valence-electron chi connectivity index (χ3n) is 4.01. The third kappa shape index (κ3) is 4.77. The van der Waals surface area contributed by atoms with Gasteiger partial charge < -0.3 is 9.80 Å². The first-order valence-corrected chi connectivity index (χ1v) is 7.42. The van der Waals surface area contributed by atoms with Crippen LogP contribution in [0.3, 0.4) is 0 Å². The van der Waals surface area contributed by atoms with E-state index in [4.69, 9.17) is 5.84 Å². The molecule has 1 saturated heterocycles. The van der Waals surface area contributed by atoms with E-state index in [2.05, 4.69) is 34.3 Å². The van der Waals surface area contributed by atoms with Gasteiger partial charge in [0.2, 0.25) is 0 Å². The van der Waals surface area contributed by atoms with E-state index in [1.165, 1.54) is 25.9 Å². The van der Waals surface area contributed by atoms with Crippen molar-refractivity contribution in [2.75, 3.05) is 33.7 Å². The molecule has 0 atom stereocenters. The van der Waals surface area contributed by atoms with E-state index in [0.29, 0.717) is 5.69 Å². The number of nitrogen functional groups attached to an aromatic ring is 1. The molecule has 1 aliphatic heterocycles. The smallest absolute Gasteiger partial charge is 0.283 e. The lowest BCUT2D eigenvalue weighted by Gasteiger charge is -2.31. The van der Waals surface area contributed by atoms with Crippen molar-refractivity contribution in [3.05, 3.63) is 29.6 Å². The second-order valence-electron chi connectivity index (χ2n) is 5.93. The predicted octanol–water partition coefficient (Wildman–Crippen LogP) is 0.459. The molecule has 3 N–H and O–H groups in total. The molecule has 0 spiro atoms. The number of nitrogens with zero attached hydrogens (tertiary/aromatic N) is 3. The maximum absolute atomic E-state index is 11.5. The van der Waals surface area contributed by atoms with Gasteiger partial charge in [-0.25, -0.2) is 10.8 Å². The molecule has 2 heterocycles. The summed E-state index contributed by atoms with van der Waals surface area (Å²) in [5.74, 6) is 5.54. The summed E-state index contributed by atoms with van der Waals surface area (Å²) in [6.45, 7) is 4.19. The molecule has 6 heteroatoms. The van der Waals surface area contributed by atoms with E-state index < -0.39 is 0 Å². The first-order chi connectivity index (χ1) is 10.1. The lowest BCUT2D eigenvalue weighted by atomic mass is 9.96. The normalized spacial score (nSPS) is 17.1. The molecule has 1 aromatic heterocycles. The van der Waals surface area contributed by atoms with Crippen LogP contribution in [0.5, 0.6) is 0 Å². The molecule has 1 fully saturated rings. The number of rotatable bonds is 5. The first kappa shape index (κ1) is 15.9. The molecule has 21 heavy (non-hydrogen) atoms. The fourth-order valence-corrected chi connectivity index (χ4v) is 2.79. The molecule has 0 saturated carbocycles. The molecule has 2 rings (SSSR count). The van der Waals surface area contributed by atoms with Gasteiger partial charge in [0.05, 0.1) is 5.69 Å². The Morgan fingerprint density at radius 1 is 1.48 bits per heavy atom. The summed E-state index contributed by atoms with van der Waals surface area (Å²) in [7, 11) is 4.29. The Labute approximate surface area is 126 Å². The quantitative estimate of drug-likeness (QED) is 0.468. The highest BCUT2D eigenvalue weighted by molar-refractivity contribution is 5.91. The summed E-state index contributed by atoms with van der Waals surface area (Å²) in [4.78, 5) is 20.5. The highest BCUT2D eigenvalue weighted by Gasteiger charge is 2.18. The highest BCUT2D eigenvalue weighted by atomic mass is 16.2. The first-order valence-electron chi connectivity index (χ1n) is 7.42. The number of piperidine rings is 1. The van der Waals surface area contributed by atoms with Gasteiger partial charge in [-0.05, 0) is 58.1 Å². The van der Waals surface area contributed by atoms with Crippen LogP contribution >= 0.6 is 0 Å². The maximum Gasteiger partial charge on any atom is 0.283 e. The number of nitrogens with one attached hydrogen (secondary N) is 1. The fraction of sp³-hybridized carbons (Fsp3) is 0.600. The van der Waals surface area contributed by atoms with Crippen molar-refractivity contribution in [2.45, 2.75) is 19.4 Å². The molecule has 0 radical (unpaired) electrons. The molecular weight excluding hydrogens is 266 g/mol. The van der Waals surface area contributed by atoms with E-state index in [1.54, 1.807) is 6.07 Å². The van der Waals surface area contributed by atoms with Crippen molar-refractivity contribution in [1.29, 1.82) is 0 Å². The number of carbonyl (C=O) groups is 1. The molecule has 0 aromatic carbocycles. The molecular formula is C15H25N5O. The standard InChI is InChI=1S/C15H25N5O/c1-19-8-6-12(7-9-19)10-20(2)11-13-4-3-5-14(17-13)15(21)18-16/h3-5,12H,6-11,16H2,1-2H3,(H,18,21). The molecule has 116 valence electrons. The predicted molar refractivity (Wildman–Crippen MR) is 82.4 cm³/mol. The Bertz CT molecular complexity index is 471. The second-order valence-corrected chi connectivity index (χ2v) is 5.93. The Morgan fingerprint density at radius 3 is 2.86 bits per heavy atom. The molecule has 1 aromatic rings. The summed E-state index contributed by atoms with van der Waals surface area (Å²) in [5.41, 5.74) is 3.37. The van der Waals surface area contributed by atoms with Crippen LogP contribution in [0.2, 0.25) is 0 Å². The van der Waals surface area contributed by atoms with Gasteiger partial charge in [0.25, 0.3) is 5.91 Å². The number of hydrogen-bond donors (Lipinski definition) is 2. The maximum atomic E-state index is 11.5. The minimum absolute atomic E-state index is 0.352. The van der Waals surface area contributed by atoms with Crippen LogP contribution in [0, 0.1) is 5.92 Å². The molecule has 1 amide bonds. The number of likely N-dealkylation sites (tertiary alicyclic amines) is 1. The average Bonchev–Trinajstić information content (AvgIpc) is 2.49. The molecule has 6 nitrogen and oxygen atoms in total. The largest absolute Gasteiger partial charge is 0.306 e. The van der Waals surface area contributed by atoms with Crippen LogP contribution in [0.4, 0.5) is 0 Å². The van der Waals surface area contributed by atoms with Crippen LogP contribution in [0.1, 0.15) is 29.0 Å². The van der Waals surface area contributed by atoms with Crippen LogP contribution < -0.4 is 11.3 Å². The number of hydrogen-bond acceptors (Lipinski definition) is 5. The SMILES string of the molecule is CN1CCC(CN(C)Cc2cccc(C(=O)NN)n2)CC1. The van der Waals surface area contributed by atoms with Crippen LogP contribution in [0.25, 0.3) is 0 Å². The monoisotopic (exact) mass is 291 g/mol.